The van der Waals surface area contributed by atoms with E-state index in [0.717, 1.165) is 49.6 Å². The molecule has 2 nitrogen and oxygen atoms in total. The highest BCUT2D eigenvalue weighted by Gasteiger charge is 2.27. The van der Waals surface area contributed by atoms with E-state index in [1.54, 1.807) is 4.88 Å². The van der Waals surface area contributed by atoms with Crippen molar-refractivity contribution in [3.63, 3.8) is 0 Å². The predicted octanol–water partition coefficient (Wildman–Crippen LogP) is 7.64. The van der Waals surface area contributed by atoms with Crippen molar-refractivity contribution in [1.29, 1.82) is 0 Å². The van der Waals surface area contributed by atoms with Crippen LogP contribution in [0.15, 0.2) is 48.0 Å². The van der Waals surface area contributed by atoms with Gasteiger partial charge in [-0.15, -0.1) is 11.3 Å². The Kier molecular flexibility index (Phi) is 7.84. The standard InChI is InChI=1S/C25H34ClNOS/c1-5-28-19(2)25(3,4)15-9-8-12-23(21-10-6-7-11-22(21)26)27-16-13-24-20(18-27)14-17-29-24/h6-7,10-11,14,17,23H,2,5,8-9,12-13,15-16,18H2,1,3-4H3. The fourth-order valence-corrected chi connectivity index (χ4v) is 5.38. The normalized spacial score (nSPS) is 15.7. The van der Waals surface area contributed by atoms with Crippen LogP contribution in [0, 0.1) is 5.41 Å². The number of unbranched alkanes of at least 4 members (excludes halogenated alkanes) is 1. The molecular formula is C25H34ClNOS. The summed E-state index contributed by atoms with van der Waals surface area (Å²) in [6.45, 7) is 13.5. The predicted molar refractivity (Wildman–Crippen MR) is 126 cm³/mol. The summed E-state index contributed by atoms with van der Waals surface area (Å²) in [7, 11) is 0. The molecule has 29 heavy (non-hydrogen) atoms. The molecule has 0 radical (unpaired) electrons. The molecule has 0 aliphatic carbocycles. The Morgan fingerprint density at radius 1 is 1.28 bits per heavy atom. The van der Waals surface area contributed by atoms with E-state index in [-0.39, 0.29) is 5.41 Å². The molecule has 2 aromatic rings. The highest BCUT2D eigenvalue weighted by atomic mass is 35.5. The van der Waals surface area contributed by atoms with Crippen LogP contribution in [0.3, 0.4) is 0 Å². The van der Waals surface area contributed by atoms with Gasteiger partial charge in [0.2, 0.25) is 0 Å². The molecule has 158 valence electrons. The zero-order valence-corrected chi connectivity index (χ0v) is 19.6. The molecule has 0 saturated carbocycles. The summed E-state index contributed by atoms with van der Waals surface area (Å²) < 4.78 is 5.67. The maximum atomic E-state index is 6.63. The molecule has 4 heteroatoms. The molecule has 0 fully saturated rings. The Morgan fingerprint density at radius 2 is 2.07 bits per heavy atom. The summed E-state index contributed by atoms with van der Waals surface area (Å²) >= 11 is 8.52. The fourth-order valence-electron chi connectivity index (χ4n) is 4.23. The van der Waals surface area contributed by atoms with Gasteiger partial charge in [0.25, 0.3) is 0 Å². The van der Waals surface area contributed by atoms with Crippen LogP contribution < -0.4 is 0 Å². The largest absolute Gasteiger partial charge is 0.498 e. The zero-order chi connectivity index (χ0) is 20.9. The summed E-state index contributed by atoms with van der Waals surface area (Å²) in [5.74, 6) is 0.906. The smallest absolute Gasteiger partial charge is 0.0944 e. The molecule has 1 aromatic carbocycles. The van der Waals surface area contributed by atoms with Crippen LogP contribution in [0.5, 0.6) is 0 Å². The summed E-state index contributed by atoms with van der Waals surface area (Å²) in [6, 6.07) is 11.0. The minimum atomic E-state index is 0.0204. The first-order valence-electron chi connectivity index (χ1n) is 10.8. The zero-order valence-electron chi connectivity index (χ0n) is 18.0. The van der Waals surface area contributed by atoms with Crippen LogP contribution in [-0.4, -0.2) is 18.1 Å². The molecule has 1 atom stereocenters. The third kappa shape index (κ3) is 5.65. The number of rotatable bonds is 10. The molecule has 1 unspecified atom stereocenters. The third-order valence-electron chi connectivity index (χ3n) is 6.14. The Hall–Kier alpha value is -1.29. The van der Waals surface area contributed by atoms with Gasteiger partial charge in [-0.1, -0.05) is 63.1 Å². The number of fused-ring (bicyclic) bond motifs is 1. The molecular weight excluding hydrogens is 398 g/mol. The maximum Gasteiger partial charge on any atom is 0.0944 e. The lowest BCUT2D eigenvalue weighted by atomic mass is 9.84. The number of hydrogen-bond donors (Lipinski definition) is 0. The second-order valence-electron chi connectivity index (χ2n) is 8.61. The summed E-state index contributed by atoms with van der Waals surface area (Å²) in [4.78, 5) is 4.18. The Morgan fingerprint density at radius 3 is 2.83 bits per heavy atom. The topological polar surface area (TPSA) is 12.5 Å². The van der Waals surface area contributed by atoms with Crippen LogP contribution >= 0.6 is 22.9 Å². The van der Waals surface area contributed by atoms with Crippen molar-refractivity contribution in [2.75, 3.05) is 13.2 Å². The van der Waals surface area contributed by atoms with Gasteiger partial charge in [0.05, 0.1) is 12.4 Å². The molecule has 3 rings (SSSR count). The number of benzene rings is 1. The minimum Gasteiger partial charge on any atom is -0.498 e. The van der Waals surface area contributed by atoms with Crippen LogP contribution in [0.2, 0.25) is 5.02 Å². The van der Waals surface area contributed by atoms with E-state index < -0.39 is 0 Å². The van der Waals surface area contributed by atoms with Crippen molar-refractivity contribution in [2.45, 2.75) is 65.5 Å². The van der Waals surface area contributed by atoms with Crippen LogP contribution in [-0.2, 0) is 17.7 Å². The number of hydrogen-bond acceptors (Lipinski definition) is 3. The van der Waals surface area contributed by atoms with E-state index in [0.29, 0.717) is 12.6 Å². The molecule has 0 spiro atoms. The van der Waals surface area contributed by atoms with Crippen molar-refractivity contribution >= 4 is 22.9 Å². The maximum absolute atomic E-state index is 6.63. The average molecular weight is 432 g/mol. The van der Waals surface area contributed by atoms with E-state index in [1.807, 2.05) is 30.4 Å². The van der Waals surface area contributed by atoms with Gasteiger partial charge in [-0.3, -0.25) is 4.90 Å². The van der Waals surface area contributed by atoms with E-state index in [4.69, 9.17) is 16.3 Å². The lowest BCUT2D eigenvalue weighted by molar-refractivity contribution is 0.143. The van der Waals surface area contributed by atoms with Crippen molar-refractivity contribution in [1.82, 2.24) is 4.90 Å². The second kappa shape index (κ2) is 10.1. The third-order valence-corrected chi connectivity index (χ3v) is 7.51. The lowest BCUT2D eigenvalue weighted by Crippen LogP contribution is -2.33. The quantitative estimate of drug-likeness (QED) is 0.283. The van der Waals surface area contributed by atoms with Gasteiger partial charge in [0.1, 0.15) is 0 Å². The van der Waals surface area contributed by atoms with Crippen LogP contribution in [0.4, 0.5) is 0 Å². The first-order valence-corrected chi connectivity index (χ1v) is 12.0. The lowest BCUT2D eigenvalue weighted by Gasteiger charge is -2.35. The molecule has 1 aliphatic rings. The summed E-state index contributed by atoms with van der Waals surface area (Å²) in [5, 5.41) is 3.12. The SMILES string of the molecule is C=C(OCC)C(C)(C)CCCCC(c1ccccc1Cl)N1CCc2sccc2C1. The first kappa shape index (κ1) is 22.4. The number of ether oxygens (including phenoxy) is 1. The van der Waals surface area contributed by atoms with Crippen LogP contribution in [0.25, 0.3) is 0 Å². The second-order valence-corrected chi connectivity index (χ2v) is 10.0. The molecule has 1 aliphatic heterocycles. The molecule has 0 bridgehead atoms. The van der Waals surface area contributed by atoms with E-state index in [1.165, 1.54) is 17.5 Å². The van der Waals surface area contributed by atoms with Crippen LogP contribution in [0.1, 0.15) is 68.5 Å². The Balaban J connectivity index is 1.65. The average Bonchev–Trinajstić information content (AvgIpc) is 3.17. The van der Waals surface area contributed by atoms with Gasteiger partial charge < -0.3 is 4.74 Å². The molecule has 0 saturated heterocycles. The molecule has 1 aromatic heterocycles. The van der Waals surface area contributed by atoms with E-state index >= 15 is 0 Å². The van der Waals surface area contributed by atoms with Gasteiger partial charge in [0, 0.05) is 34.4 Å². The van der Waals surface area contributed by atoms with Crippen molar-refractivity contribution in [3.8, 4) is 0 Å². The fraction of sp³-hybridized carbons (Fsp3) is 0.520. The van der Waals surface area contributed by atoms with Gasteiger partial charge in [-0.05, 0) is 54.8 Å². The summed E-state index contributed by atoms with van der Waals surface area (Å²) in [5.41, 5.74) is 2.78. The van der Waals surface area contributed by atoms with E-state index in [9.17, 15) is 0 Å². The molecule has 0 amide bonds. The first-order chi connectivity index (χ1) is 13.9. The van der Waals surface area contributed by atoms with Gasteiger partial charge >= 0.3 is 0 Å². The van der Waals surface area contributed by atoms with Gasteiger partial charge in [-0.25, -0.2) is 0 Å². The molecule has 0 N–H and O–H groups in total. The Bertz CT molecular complexity index is 813. The number of thiophene rings is 1. The van der Waals surface area contributed by atoms with Crippen molar-refractivity contribution < 1.29 is 4.74 Å². The number of nitrogens with zero attached hydrogens (tertiary/aromatic N) is 1. The van der Waals surface area contributed by atoms with Gasteiger partial charge in [-0.2, -0.15) is 0 Å². The van der Waals surface area contributed by atoms with E-state index in [2.05, 4.69) is 48.9 Å². The monoisotopic (exact) mass is 431 g/mol. The molecule has 2 heterocycles. The summed E-state index contributed by atoms with van der Waals surface area (Å²) in [6.07, 6.45) is 5.70. The Labute approximate surface area is 185 Å². The number of allylic oxidation sites excluding steroid dienone is 1. The number of halogens is 1. The highest BCUT2D eigenvalue weighted by molar-refractivity contribution is 7.10. The minimum absolute atomic E-state index is 0.0204. The highest BCUT2D eigenvalue weighted by Crippen LogP contribution is 2.37. The van der Waals surface area contributed by atoms with Gasteiger partial charge in [0.15, 0.2) is 0 Å². The van der Waals surface area contributed by atoms with Crippen molar-refractivity contribution in [3.05, 3.63) is 69.1 Å². The van der Waals surface area contributed by atoms with Crippen molar-refractivity contribution in [2.24, 2.45) is 5.41 Å².